The van der Waals surface area contributed by atoms with Crippen LogP contribution in [0.5, 0.6) is 0 Å². The molecule has 0 aliphatic carbocycles. The summed E-state index contributed by atoms with van der Waals surface area (Å²) in [6.45, 7) is 2.05. The van der Waals surface area contributed by atoms with Crippen LogP contribution in [0.1, 0.15) is 12.5 Å². The number of aryl methyl sites for hydroxylation is 1. The summed E-state index contributed by atoms with van der Waals surface area (Å²) in [6.07, 6.45) is 0.857. The predicted molar refractivity (Wildman–Crippen MR) is 82.2 cm³/mol. The molecule has 0 saturated carbocycles. The smallest absolute Gasteiger partial charge is 0.171 e. The molecule has 0 unspecified atom stereocenters. The summed E-state index contributed by atoms with van der Waals surface area (Å²) >= 11 is 13.7. The molecule has 6 heteroatoms. The summed E-state index contributed by atoms with van der Waals surface area (Å²) in [7, 11) is 0. The van der Waals surface area contributed by atoms with E-state index in [9.17, 15) is 4.39 Å². The van der Waals surface area contributed by atoms with Crippen LogP contribution in [-0.4, -0.2) is 9.97 Å². The molecule has 0 spiro atoms. The fraction of sp³-hybridized carbons (Fsp3) is 0.143. The molecule has 3 rings (SSSR count). The van der Waals surface area contributed by atoms with Crippen LogP contribution in [0, 0.1) is 5.82 Å². The molecule has 0 aliphatic heterocycles. The molecule has 3 aromatic rings. The minimum Gasteiger partial charge on any atom is -0.224 e. The van der Waals surface area contributed by atoms with Gasteiger partial charge in [0, 0.05) is 0 Å². The highest BCUT2D eigenvalue weighted by Crippen LogP contribution is 2.34. The molecule has 2 heterocycles. The van der Waals surface area contributed by atoms with Gasteiger partial charge in [0.25, 0.3) is 0 Å². The minimum absolute atomic E-state index is 0.156. The van der Waals surface area contributed by atoms with Crippen LogP contribution in [0.3, 0.4) is 0 Å². The standard InChI is InChI=1S/C14H9Cl2FN2S/c1-2-7-5-6-20-12(7)14-18-11-9(17)4-3-8(15)10(11)13(16)19-14/h3-6H,2H2,1H3. The highest BCUT2D eigenvalue weighted by atomic mass is 35.5. The first-order valence-corrected chi connectivity index (χ1v) is 7.63. The number of aromatic nitrogens is 2. The van der Waals surface area contributed by atoms with Gasteiger partial charge in [-0.25, -0.2) is 14.4 Å². The molecular formula is C14H9Cl2FN2S. The van der Waals surface area contributed by atoms with Gasteiger partial charge >= 0.3 is 0 Å². The number of halogens is 3. The molecule has 0 amide bonds. The fourth-order valence-corrected chi connectivity index (χ4v) is 3.53. The van der Waals surface area contributed by atoms with Gasteiger partial charge in [0.1, 0.15) is 16.5 Å². The summed E-state index contributed by atoms with van der Waals surface area (Å²) in [6, 6.07) is 4.75. The van der Waals surface area contributed by atoms with Gasteiger partial charge in [0.15, 0.2) is 5.82 Å². The molecule has 0 radical (unpaired) electrons. The van der Waals surface area contributed by atoms with E-state index in [0.717, 1.165) is 16.9 Å². The lowest BCUT2D eigenvalue weighted by molar-refractivity contribution is 0.636. The van der Waals surface area contributed by atoms with Crippen molar-refractivity contribution >= 4 is 45.4 Å². The van der Waals surface area contributed by atoms with Gasteiger partial charge in [-0.3, -0.25) is 0 Å². The van der Waals surface area contributed by atoms with Gasteiger partial charge in [-0.15, -0.1) is 11.3 Å². The van der Waals surface area contributed by atoms with E-state index in [1.165, 1.54) is 23.5 Å². The monoisotopic (exact) mass is 326 g/mol. The molecule has 0 bridgehead atoms. The Bertz CT molecular complexity index is 801. The molecule has 20 heavy (non-hydrogen) atoms. The maximum Gasteiger partial charge on any atom is 0.171 e. The zero-order valence-corrected chi connectivity index (χ0v) is 12.8. The average molecular weight is 327 g/mol. The molecule has 0 saturated heterocycles. The van der Waals surface area contributed by atoms with Crippen molar-refractivity contribution in [2.24, 2.45) is 0 Å². The number of nitrogens with zero attached hydrogens (tertiary/aromatic N) is 2. The number of thiophene rings is 1. The van der Waals surface area contributed by atoms with Crippen molar-refractivity contribution in [2.75, 3.05) is 0 Å². The van der Waals surface area contributed by atoms with Crippen LogP contribution in [0.15, 0.2) is 23.6 Å². The minimum atomic E-state index is -0.454. The summed E-state index contributed by atoms with van der Waals surface area (Å²) in [5.74, 6) is -0.0138. The first-order chi connectivity index (χ1) is 9.61. The van der Waals surface area contributed by atoms with Gasteiger partial charge in [-0.05, 0) is 35.6 Å². The Labute approximate surface area is 129 Å². The maximum atomic E-state index is 13.9. The molecule has 0 fully saturated rings. The van der Waals surface area contributed by atoms with E-state index >= 15 is 0 Å². The second-order valence-corrected chi connectivity index (χ2v) is 5.90. The molecule has 0 aliphatic rings. The molecule has 1 aromatic carbocycles. The number of benzene rings is 1. The first kappa shape index (κ1) is 13.7. The lowest BCUT2D eigenvalue weighted by atomic mass is 10.2. The Kier molecular flexibility index (Phi) is 3.63. The predicted octanol–water partition coefficient (Wildman–Crippen LogP) is 5.37. The van der Waals surface area contributed by atoms with Gasteiger partial charge in [-0.1, -0.05) is 30.1 Å². The van der Waals surface area contributed by atoms with Crippen LogP contribution in [0.2, 0.25) is 10.2 Å². The second-order valence-electron chi connectivity index (χ2n) is 4.22. The summed E-state index contributed by atoms with van der Waals surface area (Å²) < 4.78 is 13.9. The van der Waals surface area contributed by atoms with Gasteiger partial charge in [0.2, 0.25) is 0 Å². The van der Waals surface area contributed by atoms with Gasteiger partial charge in [0.05, 0.1) is 15.3 Å². The van der Waals surface area contributed by atoms with Crippen molar-refractivity contribution in [1.29, 1.82) is 0 Å². The van der Waals surface area contributed by atoms with Crippen molar-refractivity contribution in [2.45, 2.75) is 13.3 Å². The third kappa shape index (κ3) is 2.18. The topological polar surface area (TPSA) is 25.8 Å². The van der Waals surface area contributed by atoms with Crippen molar-refractivity contribution in [3.05, 3.63) is 45.1 Å². The molecule has 2 aromatic heterocycles. The second kappa shape index (κ2) is 5.28. The zero-order chi connectivity index (χ0) is 14.3. The number of rotatable bonds is 2. The van der Waals surface area contributed by atoms with E-state index in [4.69, 9.17) is 23.2 Å². The lowest BCUT2D eigenvalue weighted by Crippen LogP contribution is -1.95. The van der Waals surface area contributed by atoms with Gasteiger partial charge in [-0.2, -0.15) is 0 Å². The molecular weight excluding hydrogens is 318 g/mol. The van der Waals surface area contributed by atoms with Crippen LogP contribution in [0.4, 0.5) is 4.39 Å². The van der Waals surface area contributed by atoms with Crippen molar-refractivity contribution in [3.8, 4) is 10.7 Å². The Hall–Kier alpha value is -1.23. The Morgan fingerprint density at radius 1 is 1.20 bits per heavy atom. The van der Waals surface area contributed by atoms with Crippen LogP contribution in [0.25, 0.3) is 21.6 Å². The Balaban J connectivity index is 2.32. The Morgan fingerprint density at radius 2 is 2.00 bits per heavy atom. The van der Waals surface area contributed by atoms with Crippen LogP contribution >= 0.6 is 34.5 Å². The molecule has 0 N–H and O–H groups in total. The largest absolute Gasteiger partial charge is 0.224 e. The van der Waals surface area contributed by atoms with Crippen LogP contribution < -0.4 is 0 Å². The highest BCUT2D eigenvalue weighted by Gasteiger charge is 2.16. The quantitative estimate of drug-likeness (QED) is 0.592. The fourth-order valence-electron chi connectivity index (χ4n) is 2.04. The first-order valence-electron chi connectivity index (χ1n) is 5.99. The van der Waals surface area contributed by atoms with E-state index in [1.54, 1.807) is 0 Å². The van der Waals surface area contributed by atoms with Crippen molar-refractivity contribution in [3.63, 3.8) is 0 Å². The van der Waals surface area contributed by atoms with Crippen molar-refractivity contribution in [1.82, 2.24) is 9.97 Å². The summed E-state index contributed by atoms with van der Waals surface area (Å²) in [5.41, 5.74) is 1.27. The van der Waals surface area contributed by atoms with Gasteiger partial charge < -0.3 is 0 Å². The molecule has 0 atom stereocenters. The molecule has 102 valence electrons. The van der Waals surface area contributed by atoms with Crippen molar-refractivity contribution < 1.29 is 4.39 Å². The maximum absolute atomic E-state index is 13.9. The highest BCUT2D eigenvalue weighted by molar-refractivity contribution is 7.13. The SMILES string of the molecule is CCc1ccsc1-c1nc(Cl)c2c(Cl)ccc(F)c2n1. The summed E-state index contributed by atoms with van der Waals surface area (Å²) in [4.78, 5) is 9.48. The van der Waals surface area contributed by atoms with Crippen LogP contribution in [-0.2, 0) is 6.42 Å². The van der Waals surface area contributed by atoms with E-state index in [0.29, 0.717) is 16.2 Å². The normalized spacial score (nSPS) is 11.2. The average Bonchev–Trinajstić information content (AvgIpc) is 2.91. The third-order valence-corrected chi connectivity index (χ3v) is 4.58. The van der Waals surface area contributed by atoms with E-state index in [1.807, 2.05) is 18.4 Å². The zero-order valence-electron chi connectivity index (χ0n) is 10.5. The Morgan fingerprint density at radius 3 is 2.75 bits per heavy atom. The van der Waals surface area contributed by atoms with E-state index in [2.05, 4.69) is 9.97 Å². The lowest BCUT2D eigenvalue weighted by Gasteiger charge is -2.06. The number of fused-ring (bicyclic) bond motifs is 1. The molecule has 2 nitrogen and oxygen atoms in total. The van der Waals surface area contributed by atoms with E-state index < -0.39 is 5.82 Å². The summed E-state index contributed by atoms with van der Waals surface area (Å²) in [5, 5.41) is 2.83. The number of hydrogen-bond acceptors (Lipinski definition) is 3. The third-order valence-electron chi connectivity index (χ3n) is 3.04. The van der Waals surface area contributed by atoms with E-state index in [-0.39, 0.29) is 10.7 Å². The number of hydrogen-bond donors (Lipinski definition) is 0.